The van der Waals surface area contributed by atoms with E-state index in [0.29, 0.717) is 36.9 Å². The van der Waals surface area contributed by atoms with Crippen molar-refractivity contribution >= 4 is 40.9 Å². The van der Waals surface area contributed by atoms with Crippen LogP contribution in [0.2, 0.25) is 5.02 Å². The summed E-state index contributed by atoms with van der Waals surface area (Å²) in [6, 6.07) is 7.63. The third-order valence-electron chi connectivity index (χ3n) is 4.72. The molecule has 8 nitrogen and oxygen atoms in total. The van der Waals surface area contributed by atoms with Gasteiger partial charge in [0.15, 0.2) is 0 Å². The number of piperazine rings is 1. The molecule has 160 valence electrons. The summed E-state index contributed by atoms with van der Waals surface area (Å²) in [6.45, 7) is 6.13. The molecule has 30 heavy (non-hydrogen) atoms. The van der Waals surface area contributed by atoms with Crippen LogP contribution in [0.15, 0.2) is 34.1 Å². The number of benzene rings is 1. The summed E-state index contributed by atoms with van der Waals surface area (Å²) in [7, 11) is 0. The lowest BCUT2D eigenvalue weighted by Crippen LogP contribution is -2.49. The summed E-state index contributed by atoms with van der Waals surface area (Å²) in [6.07, 6.45) is 0. The van der Waals surface area contributed by atoms with E-state index in [0.717, 1.165) is 17.4 Å². The molecule has 2 aromatic rings. The van der Waals surface area contributed by atoms with Crippen LogP contribution >= 0.6 is 23.4 Å². The normalized spacial score (nSPS) is 14.0. The SMILES string of the molecule is CCOC(=O)c1c(SCC(=O)N2CCN(c3ccc(Cl)cc3)CC2)nc(=O)[nH]c1C. The van der Waals surface area contributed by atoms with Gasteiger partial charge < -0.3 is 19.5 Å². The molecule has 0 bridgehead atoms. The number of nitrogens with zero attached hydrogens (tertiary/aromatic N) is 3. The lowest BCUT2D eigenvalue weighted by Gasteiger charge is -2.36. The van der Waals surface area contributed by atoms with Crippen LogP contribution in [0.5, 0.6) is 0 Å². The zero-order valence-electron chi connectivity index (χ0n) is 16.8. The summed E-state index contributed by atoms with van der Waals surface area (Å²) in [5.74, 6) is -0.543. The molecule has 0 spiro atoms. The number of aromatic amines is 1. The fourth-order valence-electron chi connectivity index (χ4n) is 3.19. The number of ether oxygens (including phenoxy) is 1. The third kappa shape index (κ3) is 5.34. The van der Waals surface area contributed by atoms with Gasteiger partial charge in [-0.1, -0.05) is 23.4 Å². The Morgan fingerprint density at radius 1 is 1.20 bits per heavy atom. The first-order valence-electron chi connectivity index (χ1n) is 9.58. The number of anilines is 1. The fraction of sp³-hybridized carbons (Fsp3) is 0.400. The average Bonchev–Trinajstić information content (AvgIpc) is 2.72. The van der Waals surface area contributed by atoms with Crippen molar-refractivity contribution in [3.63, 3.8) is 0 Å². The highest BCUT2D eigenvalue weighted by molar-refractivity contribution is 8.00. The molecule has 0 aliphatic carbocycles. The topological polar surface area (TPSA) is 95.6 Å². The first-order chi connectivity index (χ1) is 14.4. The van der Waals surface area contributed by atoms with Crippen LogP contribution in [0.1, 0.15) is 23.0 Å². The van der Waals surface area contributed by atoms with Gasteiger partial charge in [0.05, 0.1) is 12.4 Å². The van der Waals surface area contributed by atoms with Gasteiger partial charge in [-0.05, 0) is 38.1 Å². The Bertz CT molecular complexity index is 972. The monoisotopic (exact) mass is 450 g/mol. The smallest absolute Gasteiger partial charge is 0.346 e. The maximum absolute atomic E-state index is 12.7. The van der Waals surface area contributed by atoms with E-state index >= 15 is 0 Å². The van der Waals surface area contributed by atoms with Crippen LogP contribution < -0.4 is 10.6 Å². The largest absolute Gasteiger partial charge is 0.462 e. The zero-order valence-corrected chi connectivity index (χ0v) is 18.4. The highest BCUT2D eigenvalue weighted by Crippen LogP contribution is 2.23. The molecule has 1 saturated heterocycles. The Labute approximate surface area is 183 Å². The van der Waals surface area contributed by atoms with Gasteiger partial charge >= 0.3 is 11.7 Å². The number of thioether (sulfide) groups is 1. The number of rotatable bonds is 6. The van der Waals surface area contributed by atoms with E-state index in [1.54, 1.807) is 18.7 Å². The molecule has 0 unspecified atom stereocenters. The molecule has 1 fully saturated rings. The average molecular weight is 451 g/mol. The minimum atomic E-state index is -0.565. The van der Waals surface area contributed by atoms with Crippen LogP contribution in [0.3, 0.4) is 0 Å². The van der Waals surface area contributed by atoms with E-state index in [4.69, 9.17) is 16.3 Å². The first kappa shape index (κ1) is 22.2. The fourth-order valence-corrected chi connectivity index (χ4v) is 4.29. The Balaban J connectivity index is 1.61. The van der Waals surface area contributed by atoms with Crippen molar-refractivity contribution in [2.45, 2.75) is 18.9 Å². The number of aromatic nitrogens is 2. The summed E-state index contributed by atoms with van der Waals surface area (Å²) < 4.78 is 5.05. The predicted molar refractivity (Wildman–Crippen MR) is 117 cm³/mol. The lowest BCUT2D eigenvalue weighted by atomic mass is 10.2. The third-order valence-corrected chi connectivity index (χ3v) is 5.93. The van der Waals surface area contributed by atoms with Gasteiger partial charge in [0, 0.05) is 42.6 Å². The van der Waals surface area contributed by atoms with Crippen molar-refractivity contribution in [1.29, 1.82) is 0 Å². The Morgan fingerprint density at radius 3 is 2.50 bits per heavy atom. The molecule has 1 amide bonds. The van der Waals surface area contributed by atoms with Gasteiger partial charge in [0.2, 0.25) is 5.91 Å². The number of carbonyl (C=O) groups is 2. The minimum absolute atomic E-state index is 0.0645. The molecule has 3 rings (SSSR count). The zero-order chi connectivity index (χ0) is 21.7. The highest BCUT2D eigenvalue weighted by atomic mass is 35.5. The van der Waals surface area contributed by atoms with Crippen molar-refractivity contribution < 1.29 is 14.3 Å². The number of H-pyrrole nitrogens is 1. The van der Waals surface area contributed by atoms with Gasteiger partial charge in [-0.3, -0.25) is 4.79 Å². The minimum Gasteiger partial charge on any atom is -0.462 e. The van der Waals surface area contributed by atoms with E-state index < -0.39 is 11.7 Å². The van der Waals surface area contributed by atoms with Crippen molar-refractivity contribution in [2.24, 2.45) is 0 Å². The molecule has 1 aliphatic heterocycles. The number of hydrogen-bond acceptors (Lipinski definition) is 7. The molecule has 1 N–H and O–H groups in total. The molecule has 10 heteroatoms. The van der Waals surface area contributed by atoms with E-state index in [1.807, 2.05) is 24.3 Å². The molecule has 1 aliphatic rings. The Kier molecular flexibility index (Phi) is 7.38. The van der Waals surface area contributed by atoms with E-state index in [9.17, 15) is 14.4 Å². The van der Waals surface area contributed by atoms with Crippen LogP contribution in [-0.4, -0.2) is 65.3 Å². The van der Waals surface area contributed by atoms with Crippen molar-refractivity contribution in [3.05, 3.63) is 51.0 Å². The standard InChI is InChI=1S/C20H23ClN4O4S/c1-3-29-19(27)17-13(2)22-20(28)23-18(17)30-12-16(26)25-10-8-24(9-11-25)15-6-4-14(21)5-7-15/h4-7H,3,8-12H2,1-2H3,(H,22,23,28). The molecular formula is C20H23ClN4O4S. The number of carbonyl (C=O) groups excluding carboxylic acids is 2. The van der Waals surface area contributed by atoms with Crippen LogP contribution in [0, 0.1) is 6.92 Å². The van der Waals surface area contributed by atoms with Crippen molar-refractivity contribution in [2.75, 3.05) is 43.4 Å². The van der Waals surface area contributed by atoms with Crippen LogP contribution in [-0.2, 0) is 9.53 Å². The number of halogens is 1. The molecular weight excluding hydrogens is 428 g/mol. The highest BCUT2D eigenvalue weighted by Gasteiger charge is 2.24. The van der Waals surface area contributed by atoms with Crippen molar-refractivity contribution in [1.82, 2.24) is 14.9 Å². The van der Waals surface area contributed by atoms with Gasteiger partial charge in [-0.2, -0.15) is 4.98 Å². The number of amides is 1. The molecule has 1 aromatic carbocycles. The predicted octanol–water partition coefficient (Wildman–Crippen LogP) is 2.35. The molecule has 1 aromatic heterocycles. The van der Waals surface area contributed by atoms with Gasteiger partial charge in [0.1, 0.15) is 10.6 Å². The van der Waals surface area contributed by atoms with Gasteiger partial charge in [-0.15, -0.1) is 0 Å². The molecule has 2 heterocycles. The maximum atomic E-state index is 12.7. The molecule has 0 radical (unpaired) electrons. The van der Waals surface area contributed by atoms with Gasteiger partial charge in [-0.25, -0.2) is 9.59 Å². The molecule has 0 saturated carbocycles. The van der Waals surface area contributed by atoms with Crippen molar-refractivity contribution in [3.8, 4) is 0 Å². The van der Waals surface area contributed by atoms with E-state index in [2.05, 4.69) is 14.9 Å². The van der Waals surface area contributed by atoms with Gasteiger partial charge in [0.25, 0.3) is 0 Å². The maximum Gasteiger partial charge on any atom is 0.346 e. The molecule has 0 atom stereocenters. The quantitative estimate of drug-likeness (QED) is 0.410. The summed E-state index contributed by atoms with van der Waals surface area (Å²) in [5.41, 5.74) is 1.08. The lowest BCUT2D eigenvalue weighted by molar-refractivity contribution is -0.128. The van der Waals surface area contributed by atoms with E-state index in [-0.39, 0.29) is 28.9 Å². The summed E-state index contributed by atoms with van der Waals surface area (Å²) in [5, 5.41) is 0.901. The number of hydrogen-bond donors (Lipinski definition) is 1. The number of esters is 1. The number of aryl methyl sites for hydroxylation is 1. The second-order valence-electron chi connectivity index (χ2n) is 6.70. The van der Waals surface area contributed by atoms with E-state index in [1.165, 1.54) is 0 Å². The van der Waals surface area contributed by atoms with Crippen LogP contribution in [0.25, 0.3) is 0 Å². The summed E-state index contributed by atoms with van der Waals surface area (Å²) >= 11 is 7.02. The number of nitrogens with one attached hydrogen (secondary N) is 1. The first-order valence-corrected chi connectivity index (χ1v) is 10.9. The Morgan fingerprint density at radius 2 is 1.87 bits per heavy atom. The second-order valence-corrected chi connectivity index (χ2v) is 8.10. The second kappa shape index (κ2) is 9.99. The Hall–Kier alpha value is -2.52. The van der Waals surface area contributed by atoms with Crippen LogP contribution in [0.4, 0.5) is 5.69 Å². The summed E-state index contributed by atoms with van der Waals surface area (Å²) in [4.78, 5) is 47.0.